The maximum atomic E-state index is 9.21. The number of hydrogen-bond donors (Lipinski definition) is 1. The summed E-state index contributed by atoms with van der Waals surface area (Å²) in [5, 5.41) is 9.21. The molecule has 1 N–H and O–H groups in total. The Bertz CT molecular complexity index is 506. The van der Waals surface area contributed by atoms with Gasteiger partial charge in [-0.15, -0.1) is 0 Å². The SMILES string of the molecule is CC(C)c1ccc(Oc2cnccc2CO)cc1. The van der Waals surface area contributed by atoms with E-state index >= 15 is 0 Å². The van der Waals surface area contributed by atoms with E-state index in [2.05, 4.69) is 31.0 Å². The second-order valence-corrected chi connectivity index (χ2v) is 4.47. The molecule has 94 valence electrons. The minimum atomic E-state index is -0.0536. The van der Waals surface area contributed by atoms with Gasteiger partial charge in [0.05, 0.1) is 12.8 Å². The van der Waals surface area contributed by atoms with Crippen LogP contribution in [0.15, 0.2) is 42.7 Å². The van der Waals surface area contributed by atoms with E-state index in [0.717, 1.165) is 11.3 Å². The van der Waals surface area contributed by atoms with Crippen molar-refractivity contribution in [1.29, 1.82) is 0 Å². The first-order valence-electron chi connectivity index (χ1n) is 6.02. The van der Waals surface area contributed by atoms with Crippen LogP contribution in [0.25, 0.3) is 0 Å². The van der Waals surface area contributed by atoms with Gasteiger partial charge in [-0.05, 0) is 29.7 Å². The largest absolute Gasteiger partial charge is 0.455 e. The molecule has 3 heteroatoms. The van der Waals surface area contributed by atoms with E-state index in [1.54, 1.807) is 18.5 Å². The van der Waals surface area contributed by atoms with Crippen LogP contribution in [0.4, 0.5) is 0 Å². The number of nitrogens with zero attached hydrogens (tertiary/aromatic N) is 1. The minimum absolute atomic E-state index is 0.0536. The molecule has 0 saturated carbocycles. The van der Waals surface area contributed by atoms with Crippen molar-refractivity contribution >= 4 is 0 Å². The van der Waals surface area contributed by atoms with Gasteiger partial charge in [0.1, 0.15) is 5.75 Å². The van der Waals surface area contributed by atoms with E-state index < -0.39 is 0 Å². The Kier molecular flexibility index (Phi) is 3.95. The lowest BCUT2D eigenvalue weighted by Gasteiger charge is -2.10. The van der Waals surface area contributed by atoms with E-state index in [0.29, 0.717) is 11.7 Å². The molecule has 2 aromatic rings. The van der Waals surface area contributed by atoms with E-state index in [4.69, 9.17) is 4.74 Å². The molecule has 1 aromatic heterocycles. The Morgan fingerprint density at radius 2 is 1.89 bits per heavy atom. The molecular weight excluding hydrogens is 226 g/mol. The molecule has 0 atom stereocenters. The number of aliphatic hydroxyl groups excluding tert-OH is 1. The average Bonchev–Trinajstić information content (AvgIpc) is 2.40. The smallest absolute Gasteiger partial charge is 0.151 e. The monoisotopic (exact) mass is 243 g/mol. The number of hydrogen-bond acceptors (Lipinski definition) is 3. The summed E-state index contributed by atoms with van der Waals surface area (Å²) in [6, 6.07) is 9.72. The fourth-order valence-electron chi connectivity index (χ4n) is 1.68. The Hall–Kier alpha value is -1.87. The quantitative estimate of drug-likeness (QED) is 0.893. The molecule has 0 bridgehead atoms. The Labute approximate surface area is 107 Å². The van der Waals surface area contributed by atoms with Gasteiger partial charge in [0.2, 0.25) is 0 Å². The van der Waals surface area contributed by atoms with Crippen molar-refractivity contribution in [1.82, 2.24) is 4.98 Å². The number of benzene rings is 1. The van der Waals surface area contributed by atoms with E-state index in [1.807, 2.05) is 12.1 Å². The van der Waals surface area contributed by atoms with Crippen LogP contribution in [0.5, 0.6) is 11.5 Å². The number of aromatic nitrogens is 1. The highest BCUT2D eigenvalue weighted by molar-refractivity contribution is 5.36. The van der Waals surface area contributed by atoms with E-state index in [9.17, 15) is 5.11 Å². The first-order chi connectivity index (χ1) is 8.70. The molecule has 18 heavy (non-hydrogen) atoms. The maximum Gasteiger partial charge on any atom is 0.151 e. The Balaban J connectivity index is 2.18. The van der Waals surface area contributed by atoms with Crippen LogP contribution in [-0.2, 0) is 6.61 Å². The van der Waals surface area contributed by atoms with Gasteiger partial charge in [-0.1, -0.05) is 26.0 Å². The topological polar surface area (TPSA) is 42.4 Å². The number of ether oxygens (including phenoxy) is 1. The zero-order valence-electron chi connectivity index (χ0n) is 10.6. The molecule has 0 fully saturated rings. The summed E-state index contributed by atoms with van der Waals surface area (Å²) in [5.74, 6) is 1.85. The number of aliphatic hydroxyl groups is 1. The Morgan fingerprint density at radius 1 is 1.17 bits per heavy atom. The van der Waals surface area contributed by atoms with E-state index in [-0.39, 0.29) is 6.61 Å². The van der Waals surface area contributed by atoms with Crippen LogP contribution >= 0.6 is 0 Å². The normalized spacial score (nSPS) is 10.7. The van der Waals surface area contributed by atoms with Crippen LogP contribution in [0.2, 0.25) is 0 Å². The third kappa shape index (κ3) is 2.87. The molecule has 0 unspecified atom stereocenters. The second-order valence-electron chi connectivity index (χ2n) is 4.47. The van der Waals surface area contributed by atoms with Crippen LogP contribution in [0.1, 0.15) is 30.9 Å². The van der Waals surface area contributed by atoms with Crippen molar-refractivity contribution < 1.29 is 9.84 Å². The molecule has 0 aliphatic heterocycles. The number of pyridine rings is 1. The van der Waals surface area contributed by atoms with Crippen molar-refractivity contribution in [3.05, 3.63) is 53.9 Å². The van der Waals surface area contributed by atoms with E-state index in [1.165, 1.54) is 5.56 Å². The van der Waals surface area contributed by atoms with Gasteiger partial charge in [0, 0.05) is 11.8 Å². The fourth-order valence-corrected chi connectivity index (χ4v) is 1.68. The lowest BCUT2D eigenvalue weighted by molar-refractivity contribution is 0.276. The first-order valence-corrected chi connectivity index (χ1v) is 6.02. The zero-order chi connectivity index (χ0) is 13.0. The molecule has 0 saturated heterocycles. The summed E-state index contributed by atoms with van der Waals surface area (Å²) < 4.78 is 5.71. The van der Waals surface area contributed by atoms with Crippen LogP contribution in [-0.4, -0.2) is 10.1 Å². The van der Waals surface area contributed by atoms with Crippen LogP contribution < -0.4 is 4.74 Å². The molecule has 0 aliphatic carbocycles. The highest BCUT2D eigenvalue weighted by atomic mass is 16.5. The lowest BCUT2D eigenvalue weighted by Crippen LogP contribution is -1.93. The van der Waals surface area contributed by atoms with Gasteiger partial charge in [-0.25, -0.2) is 0 Å². The van der Waals surface area contributed by atoms with Gasteiger partial charge < -0.3 is 9.84 Å². The maximum absolute atomic E-state index is 9.21. The predicted octanol–water partition coefficient (Wildman–Crippen LogP) is 3.49. The average molecular weight is 243 g/mol. The molecule has 0 amide bonds. The predicted molar refractivity (Wildman–Crippen MR) is 70.8 cm³/mol. The van der Waals surface area contributed by atoms with Gasteiger partial charge >= 0.3 is 0 Å². The number of rotatable bonds is 4. The third-order valence-electron chi connectivity index (χ3n) is 2.81. The van der Waals surface area contributed by atoms with Crippen LogP contribution in [0, 0.1) is 0 Å². The summed E-state index contributed by atoms with van der Waals surface area (Å²) in [6.45, 7) is 4.25. The molecule has 0 aliphatic rings. The van der Waals surface area contributed by atoms with Crippen molar-refractivity contribution in [3.8, 4) is 11.5 Å². The molecule has 2 rings (SSSR count). The molecule has 3 nitrogen and oxygen atoms in total. The molecular formula is C15H17NO2. The summed E-state index contributed by atoms with van der Waals surface area (Å²) in [7, 11) is 0. The van der Waals surface area contributed by atoms with Crippen molar-refractivity contribution in [2.75, 3.05) is 0 Å². The van der Waals surface area contributed by atoms with Crippen LogP contribution in [0.3, 0.4) is 0 Å². The van der Waals surface area contributed by atoms with Crippen molar-refractivity contribution in [2.45, 2.75) is 26.4 Å². The minimum Gasteiger partial charge on any atom is -0.455 e. The Morgan fingerprint density at radius 3 is 2.50 bits per heavy atom. The summed E-state index contributed by atoms with van der Waals surface area (Å²) in [4.78, 5) is 4.00. The molecule has 0 spiro atoms. The first kappa shape index (κ1) is 12.6. The zero-order valence-corrected chi connectivity index (χ0v) is 10.6. The summed E-state index contributed by atoms with van der Waals surface area (Å²) in [6.07, 6.45) is 3.25. The van der Waals surface area contributed by atoms with Crippen molar-refractivity contribution in [3.63, 3.8) is 0 Å². The van der Waals surface area contributed by atoms with Gasteiger partial charge in [-0.3, -0.25) is 4.98 Å². The standard InChI is InChI=1S/C15H17NO2/c1-11(2)12-3-5-14(6-4-12)18-15-9-16-8-7-13(15)10-17/h3-9,11,17H,10H2,1-2H3. The van der Waals surface area contributed by atoms with Gasteiger partial charge in [0.25, 0.3) is 0 Å². The second kappa shape index (κ2) is 5.65. The van der Waals surface area contributed by atoms with Crippen molar-refractivity contribution in [2.24, 2.45) is 0 Å². The fraction of sp³-hybridized carbons (Fsp3) is 0.267. The summed E-state index contributed by atoms with van der Waals surface area (Å²) in [5.41, 5.74) is 2.01. The van der Waals surface area contributed by atoms with Gasteiger partial charge in [-0.2, -0.15) is 0 Å². The highest BCUT2D eigenvalue weighted by Gasteiger charge is 2.04. The lowest BCUT2D eigenvalue weighted by atomic mass is 10.0. The summed E-state index contributed by atoms with van der Waals surface area (Å²) >= 11 is 0. The molecule has 0 radical (unpaired) electrons. The molecule has 1 aromatic carbocycles. The van der Waals surface area contributed by atoms with Gasteiger partial charge in [0.15, 0.2) is 5.75 Å². The molecule has 1 heterocycles. The third-order valence-corrected chi connectivity index (χ3v) is 2.81. The highest BCUT2D eigenvalue weighted by Crippen LogP contribution is 2.26.